The molecule has 0 saturated heterocycles. The Morgan fingerprint density at radius 1 is 0.706 bits per heavy atom. The van der Waals surface area contributed by atoms with Gasteiger partial charge in [0.2, 0.25) is 0 Å². The van der Waals surface area contributed by atoms with Crippen LogP contribution in [-0.4, -0.2) is 46.9 Å². The summed E-state index contributed by atoms with van der Waals surface area (Å²) in [7, 11) is 0. The fraction of sp³-hybridized carbons (Fsp3) is 0.273. The van der Waals surface area contributed by atoms with Crippen molar-refractivity contribution in [2.24, 2.45) is 11.5 Å². The van der Waals surface area contributed by atoms with Crippen LogP contribution in [0.2, 0.25) is 0 Å². The maximum absolute atomic E-state index is 13.7. The molecule has 0 atom stereocenters. The predicted molar refractivity (Wildman–Crippen MR) is 127 cm³/mol. The molecule has 12 heteroatoms. The van der Waals surface area contributed by atoms with Gasteiger partial charge in [-0.25, -0.2) is 18.4 Å². The highest BCUT2D eigenvalue weighted by molar-refractivity contribution is 6.01. The number of rotatable bonds is 9. The van der Waals surface area contributed by atoms with E-state index in [1.54, 1.807) is 12.1 Å². The van der Waals surface area contributed by atoms with Gasteiger partial charge >= 0.3 is 12.1 Å². The van der Waals surface area contributed by atoms with Crippen molar-refractivity contribution in [3.8, 4) is 0 Å². The molecule has 0 aliphatic heterocycles. The molecule has 4 amide bonds. The molecule has 2 rings (SSSR count). The number of carbonyl (C=O) groups is 2. The number of anilines is 2. The third kappa shape index (κ3) is 7.73. The van der Waals surface area contributed by atoms with Gasteiger partial charge in [-0.05, 0) is 37.1 Å². The number of nitrogens with zero attached hydrogens (tertiary/aromatic N) is 2. The molecule has 182 valence electrons. The molecule has 10 nitrogen and oxygen atoms in total. The number of unbranched alkanes of at least 4 members (excludes halogenated alkanes) is 3. The molecule has 0 bridgehead atoms. The lowest BCUT2D eigenvalue weighted by Crippen LogP contribution is -2.44. The zero-order valence-electron chi connectivity index (χ0n) is 18.5. The van der Waals surface area contributed by atoms with E-state index < -0.39 is 35.6 Å². The summed E-state index contributed by atoms with van der Waals surface area (Å²) in [5.41, 5.74) is 10.9. The Hall–Kier alpha value is -4.22. The number of amides is 4. The van der Waals surface area contributed by atoms with E-state index in [-0.39, 0.29) is 24.5 Å². The number of carbonyl (C=O) groups excluding carboxylic acids is 2. The van der Waals surface area contributed by atoms with Crippen LogP contribution in [0.1, 0.15) is 25.7 Å². The van der Waals surface area contributed by atoms with E-state index in [4.69, 9.17) is 22.3 Å². The summed E-state index contributed by atoms with van der Waals surface area (Å²) in [6.45, 7) is 0.277. The molecular weight excluding hydrogens is 446 g/mol. The molecule has 0 spiro atoms. The number of para-hydroxylation sites is 2. The number of hydrogen-bond donors (Lipinski definition) is 6. The number of guanidine groups is 2. The monoisotopic (exact) mass is 474 g/mol. The first-order valence-electron chi connectivity index (χ1n) is 10.5. The topological polar surface area (TPSA) is 164 Å². The Kier molecular flexibility index (Phi) is 9.74. The molecule has 2 aromatic carbocycles. The summed E-state index contributed by atoms with van der Waals surface area (Å²) in [6, 6.07) is 9.88. The highest BCUT2D eigenvalue weighted by Gasteiger charge is 2.19. The largest absolute Gasteiger partial charge is 0.370 e. The first-order valence-corrected chi connectivity index (χ1v) is 10.5. The average Bonchev–Trinajstić information content (AvgIpc) is 2.78. The van der Waals surface area contributed by atoms with Gasteiger partial charge in [0.05, 0.1) is 11.4 Å². The van der Waals surface area contributed by atoms with Crippen molar-refractivity contribution in [1.29, 1.82) is 10.8 Å². The minimum absolute atomic E-state index is 0.0169. The van der Waals surface area contributed by atoms with Gasteiger partial charge in [0.15, 0.2) is 11.9 Å². The molecule has 0 fully saturated rings. The lowest BCUT2D eigenvalue weighted by molar-refractivity contribution is 0.230. The van der Waals surface area contributed by atoms with E-state index in [1.165, 1.54) is 36.4 Å². The first-order chi connectivity index (χ1) is 16.2. The molecule has 2 aromatic rings. The third-order valence-electron chi connectivity index (χ3n) is 4.82. The van der Waals surface area contributed by atoms with E-state index in [2.05, 4.69) is 10.6 Å². The van der Waals surface area contributed by atoms with Crippen molar-refractivity contribution in [1.82, 2.24) is 9.80 Å². The fourth-order valence-electron chi connectivity index (χ4n) is 3.05. The normalized spacial score (nSPS) is 10.3. The SMILES string of the molecule is N=C(N)N(CCCCCCN(C(=N)N)C(=O)Nc1ccccc1F)C(=O)Nc1ccccc1F. The van der Waals surface area contributed by atoms with Crippen LogP contribution in [-0.2, 0) is 0 Å². The highest BCUT2D eigenvalue weighted by atomic mass is 19.1. The number of halogens is 2. The maximum Gasteiger partial charge on any atom is 0.328 e. The van der Waals surface area contributed by atoms with Gasteiger partial charge in [-0.1, -0.05) is 37.1 Å². The second kappa shape index (κ2) is 12.7. The Balaban J connectivity index is 1.78. The highest BCUT2D eigenvalue weighted by Crippen LogP contribution is 2.15. The van der Waals surface area contributed by atoms with Crippen LogP contribution in [0.3, 0.4) is 0 Å². The van der Waals surface area contributed by atoms with Crippen molar-refractivity contribution >= 4 is 35.4 Å². The van der Waals surface area contributed by atoms with Crippen molar-refractivity contribution in [3.63, 3.8) is 0 Å². The van der Waals surface area contributed by atoms with Gasteiger partial charge in [-0.2, -0.15) is 0 Å². The van der Waals surface area contributed by atoms with Crippen molar-refractivity contribution in [3.05, 3.63) is 60.2 Å². The molecule has 0 aromatic heterocycles. The van der Waals surface area contributed by atoms with Crippen LogP contribution in [0.4, 0.5) is 29.7 Å². The van der Waals surface area contributed by atoms with Crippen LogP contribution in [0.15, 0.2) is 48.5 Å². The number of nitrogens with two attached hydrogens (primary N) is 2. The summed E-state index contributed by atoms with van der Waals surface area (Å²) in [6.07, 6.45) is 2.23. The molecular formula is C22H28F2N8O2. The Bertz CT molecular complexity index is 952. The second-order valence-corrected chi connectivity index (χ2v) is 7.31. The zero-order chi connectivity index (χ0) is 25.1. The van der Waals surface area contributed by atoms with Crippen molar-refractivity contribution in [2.75, 3.05) is 23.7 Å². The van der Waals surface area contributed by atoms with E-state index in [1.807, 2.05) is 0 Å². The van der Waals surface area contributed by atoms with Gasteiger partial charge in [0.1, 0.15) is 11.6 Å². The van der Waals surface area contributed by atoms with E-state index in [9.17, 15) is 18.4 Å². The van der Waals surface area contributed by atoms with Crippen LogP contribution in [0, 0.1) is 22.5 Å². The average molecular weight is 475 g/mol. The quantitative estimate of drug-likeness (QED) is 0.186. The van der Waals surface area contributed by atoms with Crippen LogP contribution in [0.5, 0.6) is 0 Å². The van der Waals surface area contributed by atoms with Crippen LogP contribution < -0.4 is 22.1 Å². The van der Waals surface area contributed by atoms with E-state index in [0.717, 1.165) is 9.80 Å². The molecule has 0 aliphatic rings. The summed E-state index contributed by atoms with van der Waals surface area (Å²) < 4.78 is 27.5. The van der Waals surface area contributed by atoms with Crippen molar-refractivity contribution < 1.29 is 18.4 Å². The maximum atomic E-state index is 13.7. The predicted octanol–water partition coefficient (Wildman–Crippen LogP) is 3.68. The molecule has 34 heavy (non-hydrogen) atoms. The third-order valence-corrected chi connectivity index (χ3v) is 4.82. The number of nitrogens with one attached hydrogen (secondary N) is 4. The Labute approximate surface area is 195 Å². The Morgan fingerprint density at radius 2 is 1.06 bits per heavy atom. The van der Waals surface area contributed by atoms with Crippen molar-refractivity contribution in [2.45, 2.75) is 25.7 Å². The summed E-state index contributed by atoms with van der Waals surface area (Å²) in [4.78, 5) is 26.7. The zero-order valence-corrected chi connectivity index (χ0v) is 18.5. The van der Waals surface area contributed by atoms with Gasteiger partial charge < -0.3 is 22.1 Å². The molecule has 0 radical (unpaired) electrons. The standard InChI is InChI=1S/C22H28F2N8O2/c23-15-9-3-5-11-17(15)29-21(33)31(19(25)26)13-7-1-2-8-14-32(20(27)28)22(34)30-18-12-6-4-10-16(18)24/h3-6,9-12H,1-2,7-8,13-14H2,(H3,25,26)(H3,27,28)(H,29,33)(H,30,34). The lowest BCUT2D eigenvalue weighted by atomic mass is 10.2. The smallest absolute Gasteiger partial charge is 0.328 e. The molecule has 0 unspecified atom stereocenters. The Morgan fingerprint density at radius 3 is 1.38 bits per heavy atom. The molecule has 0 saturated carbocycles. The summed E-state index contributed by atoms with van der Waals surface area (Å²) in [5, 5.41) is 20.0. The minimum Gasteiger partial charge on any atom is -0.370 e. The second-order valence-electron chi connectivity index (χ2n) is 7.31. The van der Waals surface area contributed by atoms with Gasteiger partial charge in [0.25, 0.3) is 0 Å². The van der Waals surface area contributed by atoms with E-state index in [0.29, 0.717) is 25.7 Å². The molecule has 8 N–H and O–H groups in total. The van der Waals surface area contributed by atoms with E-state index >= 15 is 0 Å². The number of urea groups is 2. The number of benzene rings is 2. The fourth-order valence-corrected chi connectivity index (χ4v) is 3.05. The van der Waals surface area contributed by atoms with Crippen LogP contribution in [0.25, 0.3) is 0 Å². The van der Waals surface area contributed by atoms with Gasteiger partial charge in [-0.3, -0.25) is 20.6 Å². The van der Waals surface area contributed by atoms with Gasteiger partial charge in [0, 0.05) is 13.1 Å². The summed E-state index contributed by atoms with van der Waals surface area (Å²) >= 11 is 0. The molecule has 0 aliphatic carbocycles. The summed E-state index contributed by atoms with van der Waals surface area (Å²) in [5.74, 6) is -2.15. The number of hydrogen-bond acceptors (Lipinski definition) is 4. The van der Waals surface area contributed by atoms with Gasteiger partial charge in [-0.15, -0.1) is 0 Å². The van der Waals surface area contributed by atoms with Crippen LogP contribution >= 0.6 is 0 Å². The minimum atomic E-state index is -0.717. The lowest BCUT2D eigenvalue weighted by Gasteiger charge is -2.22. The molecule has 0 heterocycles. The first kappa shape index (κ1) is 26.0.